The van der Waals surface area contributed by atoms with Crippen molar-refractivity contribution >= 4 is 17.5 Å². The van der Waals surface area contributed by atoms with Crippen molar-refractivity contribution in [1.29, 1.82) is 5.26 Å². The largest absolute Gasteiger partial charge is 0.371 e. The molecule has 2 saturated heterocycles. The Morgan fingerprint density at radius 3 is 2.81 bits per heavy atom. The van der Waals surface area contributed by atoms with Crippen molar-refractivity contribution in [3.05, 3.63) is 70.2 Å². The number of carbonyl (C=O) groups excluding carboxylic acids is 1. The maximum atomic E-state index is 12.5. The quantitative estimate of drug-likeness (QED) is 0.886. The molecule has 4 rings (SSSR count). The Morgan fingerprint density at radius 1 is 1.22 bits per heavy atom. The molecule has 2 aromatic carbocycles. The van der Waals surface area contributed by atoms with E-state index < -0.39 is 0 Å². The highest BCUT2D eigenvalue weighted by molar-refractivity contribution is 6.30. The minimum absolute atomic E-state index is 0.0280. The number of ether oxygens (including phenoxy) is 1. The average molecular weight is 382 g/mol. The normalized spacial score (nSPS) is 24.8. The van der Waals surface area contributed by atoms with E-state index in [4.69, 9.17) is 21.6 Å². The average Bonchev–Trinajstić information content (AvgIpc) is 3.10. The lowest BCUT2D eigenvalue weighted by molar-refractivity contribution is -0.0502. The molecule has 2 aliphatic rings. The van der Waals surface area contributed by atoms with Crippen LogP contribution in [0.1, 0.15) is 34.0 Å². The summed E-state index contributed by atoms with van der Waals surface area (Å²) in [5.74, 6) is -0.132. The molecule has 0 saturated carbocycles. The third-order valence-electron chi connectivity index (χ3n) is 5.25. The van der Waals surface area contributed by atoms with Crippen LogP contribution in [0.4, 0.5) is 0 Å². The molecular weight excluding hydrogens is 362 g/mol. The first-order chi connectivity index (χ1) is 13.1. The van der Waals surface area contributed by atoms with E-state index in [2.05, 4.69) is 16.3 Å². The fourth-order valence-corrected chi connectivity index (χ4v) is 3.98. The molecule has 6 heteroatoms. The van der Waals surface area contributed by atoms with Crippen LogP contribution in [0, 0.1) is 11.3 Å². The second kappa shape index (κ2) is 7.69. The van der Waals surface area contributed by atoms with Crippen LogP contribution in [0.3, 0.4) is 0 Å². The van der Waals surface area contributed by atoms with Crippen LogP contribution in [0.15, 0.2) is 48.5 Å². The van der Waals surface area contributed by atoms with E-state index in [1.165, 1.54) is 0 Å². The van der Waals surface area contributed by atoms with Gasteiger partial charge in [-0.15, -0.1) is 0 Å². The van der Waals surface area contributed by atoms with Gasteiger partial charge in [-0.2, -0.15) is 5.26 Å². The molecule has 1 N–H and O–H groups in total. The van der Waals surface area contributed by atoms with Gasteiger partial charge in [0.1, 0.15) is 0 Å². The van der Waals surface area contributed by atoms with E-state index in [9.17, 15) is 4.79 Å². The molecule has 5 nitrogen and oxygen atoms in total. The Hall–Kier alpha value is -2.39. The van der Waals surface area contributed by atoms with Gasteiger partial charge in [-0.25, -0.2) is 0 Å². The topological polar surface area (TPSA) is 65.4 Å². The van der Waals surface area contributed by atoms with Crippen molar-refractivity contribution in [2.75, 3.05) is 19.7 Å². The van der Waals surface area contributed by atoms with Gasteiger partial charge in [0.15, 0.2) is 0 Å². The van der Waals surface area contributed by atoms with E-state index in [0.29, 0.717) is 23.8 Å². The number of rotatable bonds is 3. The number of morpholine rings is 1. The van der Waals surface area contributed by atoms with Gasteiger partial charge in [-0.05, 0) is 42.3 Å². The third-order valence-corrected chi connectivity index (χ3v) is 5.50. The number of fused-ring (bicyclic) bond motifs is 1. The molecule has 3 atom stereocenters. The second-order valence-electron chi connectivity index (χ2n) is 7.08. The molecule has 0 bridgehead atoms. The van der Waals surface area contributed by atoms with Gasteiger partial charge < -0.3 is 10.1 Å². The summed E-state index contributed by atoms with van der Waals surface area (Å²) < 4.78 is 6.05. The van der Waals surface area contributed by atoms with Crippen LogP contribution in [0.2, 0.25) is 5.02 Å². The van der Waals surface area contributed by atoms with Gasteiger partial charge in [-0.3, -0.25) is 9.69 Å². The van der Waals surface area contributed by atoms with Crippen LogP contribution >= 0.6 is 11.6 Å². The molecule has 2 fully saturated rings. The molecule has 0 unspecified atom stereocenters. The van der Waals surface area contributed by atoms with Gasteiger partial charge >= 0.3 is 0 Å². The summed E-state index contributed by atoms with van der Waals surface area (Å²) >= 11 is 5.97. The molecule has 2 heterocycles. The number of carbonyl (C=O) groups is 1. The summed E-state index contributed by atoms with van der Waals surface area (Å²) in [7, 11) is 0. The van der Waals surface area contributed by atoms with Gasteiger partial charge in [0.25, 0.3) is 5.91 Å². The zero-order chi connectivity index (χ0) is 18.8. The monoisotopic (exact) mass is 381 g/mol. The van der Waals surface area contributed by atoms with Crippen molar-refractivity contribution in [3.63, 3.8) is 0 Å². The Kier molecular flexibility index (Phi) is 5.13. The number of hydrogen-bond acceptors (Lipinski definition) is 4. The number of amides is 1. The van der Waals surface area contributed by atoms with Gasteiger partial charge in [0.05, 0.1) is 24.3 Å². The third kappa shape index (κ3) is 3.98. The molecular formula is C21H20ClN3O2. The molecule has 0 spiro atoms. The van der Waals surface area contributed by atoms with Crippen LogP contribution in [-0.2, 0) is 4.74 Å². The molecule has 0 aliphatic carbocycles. The Labute approximate surface area is 163 Å². The smallest absolute Gasteiger partial charge is 0.251 e. The van der Waals surface area contributed by atoms with E-state index in [1.54, 1.807) is 24.3 Å². The summed E-state index contributed by atoms with van der Waals surface area (Å²) in [5, 5.41) is 12.8. The van der Waals surface area contributed by atoms with Gasteiger partial charge in [-0.1, -0.05) is 29.8 Å². The molecule has 2 aliphatic heterocycles. The van der Waals surface area contributed by atoms with Crippen LogP contribution < -0.4 is 5.32 Å². The molecule has 27 heavy (non-hydrogen) atoms. The Morgan fingerprint density at radius 2 is 2.04 bits per heavy atom. The van der Waals surface area contributed by atoms with Crippen LogP contribution in [0.5, 0.6) is 0 Å². The fraction of sp³-hybridized carbons (Fsp3) is 0.333. The zero-order valence-electron chi connectivity index (χ0n) is 14.8. The number of nitrogens with one attached hydrogen (secondary N) is 1. The SMILES string of the molecule is N#Cc1cccc(C(=O)N[C@@H]2C[C@H]3CO[C@@H](c4ccc(Cl)cc4)CN3C2)c1. The minimum atomic E-state index is -0.132. The highest BCUT2D eigenvalue weighted by Crippen LogP contribution is 2.30. The van der Waals surface area contributed by atoms with E-state index in [-0.39, 0.29) is 18.1 Å². The molecule has 2 aromatic rings. The number of benzene rings is 2. The first-order valence-electron chi connectivity index (χ1n) is 9.04. The number of hydrogen-bond donors (Lipinski definition) is 1. The lowest BCUT2D eigenvalue weighted by Gasteiger charge is -2.35. The van der Waals surface area contributed by atoms with Crippen molar-refractivity contribution in [3.8, 4) is 6.07 Å². The first-order valence-corrected chi connectivity index (χ1v) is 9.42. The second-order valence-corrected chi connectivity index (χ2v) is 7.52. The van der Waals surface area contributed by atoms with Crippen molar-refractivity contribution in [1.82, 2.24) is 10.2 Å². The minimum Gasteiger partial charge on any atom is -0.371 e. The molecule has 138 valence electrons. The van der Waals surface area contributed by atoms with Crippen molar-refractivity contribution in [2.45, 2.75) is 24.6 Å². The number of halogens is 1. The summed E-state index contributed by atoms with van der Waals surface area (Å²) in [6.07, 6.45) is 0.900. The maximum Gasteiger partial charge on any atom is 0.251 e. The summed E-state index contributed by atoms with van der Waals surface area (Å²) in [5.41, 5.74) is 2.14. The highest BCUT2D eigenvalue weighted by atomic mass is 35.5. The molecule has 1 amide bonds. The van der Waals surface area contributed by atoms with E-state index >= 15 is 0 Å². The molecule has 0 radical (unpaired) electrons. The predicted octanol–water partition coefficient (Wildman–Crippen LogP) is 3.16. The first kappa shape index (κ1) is 18.0. The number of nitriles is 1. The van der Waals surface area contributed by atoms with Crippen molar-refractivity contribution in [2.24, 2.45) is 0 Å². The van der Waals surface area contributed by atoms with E-state index in [1.807, 2.05) is 24.3 Å². The molecule has 0 aromatic heterocycles. The number of nitrogens with zero attached hydrogens (tertiary/aromatic N) is 2. The van der Waals surface area contributed by atoms with Gasteiger partial charge in [0, 0.05) is 35.8 Å². The summed E-state index contributed by atoms with van der Waals surface area (Å²) in [6.45, 7) is 2.27. The maximum absolute atomic E-state index is 12.5. The van der Waals surface area contributed by atoms with Crippen molar-refractivity contribution < 1.29 is 9.53 Å². The Bertz CT molecular complexity index is 878. The highest BCUT2D eigenvalue weighted by Gasteiger charge is 2.38. The summed E-state index contributed by atoms with van der Waals surface area (Å²) in [6, 6.07) is 17.0. The standard InChI is InChI=1S/C21H20ClN3O2/c22-17-6-4-15(5-7-17)20-12-25-11-18(9-19(25)13-27-20)24-21(26)16-3-1-2-14(8-16)10-23/h1-8,18-20H,9,11-13H2,(H,24,26)/t18-,19+,20-/m1/s1. The predicted molar refractivity (Wildman–Crippen MR) is 103 cm³/mol. The van der Waals surface area contributed by atoms with E-state index in [0.717, 1.165) is 30.1 Å². The Balaban J connectivity index is 1.37. The van der Waals surface area contributed by atoms with Crippen LogP contribution in [0.25, 0.3) is 0 Å². The van der Waals surface area contributed by atoms with Gasteiger partial charge in [0.2, 0.25) is 0 Å². The zero-order valence-corrected chi connectivity index (χ0v) is 15.5. The summed E-state index contributed by atoms with van der Waals surface area (Å²) in [4.78, 5) is 14.9. The lowest BCUT2D eigenvalue weighted by atomic mass is 10.1. The fourth-order valence-electron chi connectivity index (χ4n) is 3.86. The lowest BCUT2D eigenvalue weighted by Crippen LogP contribution is -2.43. The van der Waals surface area contributed by atoms with Crippen LogP contribution in [-0.4, -0.2) is 42.6 Å².